The molecule has 0 fully saturated rings. The number of rotatable bonds is 10. The summed E-state index contributed by atoms with van der Waals surface area (Å²) in [5, 5.41) is 7.43. The molecule has 1 heteroatoms. The number of unbranched alkanes of at least 4 members (excludes halogenated alkanes) is 3. The summed E-state index contributed by atoms with van der Waals surface area (Å²) < 4.78 is 0. The highest BCUT2D eigenvalue weighted by Crippen LogP contribution is 2.24. The van der Waals surface area contributed by atoms with Crippen LogP contribution in [0.4, 0.5) is 0 Å². The molecule has 0 N–H and O–H groups in total. The van der Waals surface area contributed by atoms with Crippen LogP contribution in [0.3, 0.4) is 0 Å². The SMILES string of the molecule is Cc1ccc([Si](CCCCCCc2ccccc2)(c2ccccc2)c2ccccc2)c2ccccc12. The first-order valence-corrected chi connectivity index (χ1v) is 15.6. The highest BCUT2D eigenvalue weighted by molar-refractivity contribution is 7.12. The average molecular weight is 485 g/mol. The van der Waals surface area contributed by atoms with Gasteiger partial charge >= 0.3 is 0 Å². The van der Waals surface area contributed by atoms with E-state index in [2.05, 4.69) is 134 Å². The van der Waals surface area contributed by atoms with Crippen molar-refractivity contribution in [2.45, 2.75) is 45.1 Å². The van der Waals surface area contributed by atoms with E-state index in [4.69, 9.17) is 0 Å². The summed E-state index contributed by atoms with van der Waals surface area (Å²) in [6.45, 7) is 2.24. The van der Waals surface area contributed by atoms with Crippen LogP contribution in [-0.2, 0) is 6.42 Å². The predicted octanol–water partition coefficient (Wildman–Crippen LogP) is 7.42. The van der Waals surface area contributed by atoms with Gasteiger partial charge in [0.1, 0.15) is 8.07 Å². The molecule has 5 aromatic carbocycles. The Morgan fingerprint density at radius 2 is 1.00 bits per heavy atom. The van der Waals surface area contributed by atoms with Crippen molar-refractivity contribution in [1.82, 2.24) is 0 Å². The fraction of sp³-hybridized carbons (Fsp3) is 0.200. The number of hydrogen-bond acceptors (Lipinski definition) is 0. The summed E-state index contributed by atoms with van der Waals surface area (Å²) >= 11 is 0. The molecule has 0 aliphatic rings. The van der Waals surface area contributed by atoms with Crippen LogP contribution in [0, 0.1) is 6.92 Å². The van der Waals surface area contributed by atoms with Crippen molar-refractivity contribution in [1.29, 1.82) is 0 Å². The van der Waals surface area contributed by atoms with E-state index in [0.717, 1.165) is 0 Å². The molecule has 0 heterocycles. The molecule has 36 heavy (non-hydrogen) atoms. The Balaban J connectivity index is 1.51. The first-order valence-electron chi connectivity index (χ1n) is 13.4. The van der Waals surface area contributed by atoms with E-state index in [1.165, 1.54) is 70.4 Å². The van der Waals surface area contributed by atoms with E-state index in [1.54, 1.807) is 5.19 Å². The fourth-order valence-corrected chi connectivity index (χ4v) is 11.0. The lowest BCUT2D eigenvalue weighted by molar-refractivity contribution is 0.664. The highest BCUT2D eigenvalue weighted by Gasteiger charge is 2.39. The molecule has 5 rings (SSSR count). The molecular weight excluding hydrogens is 448 g/mol. The Hall–Kier alpha value is -3.42. The van der Waals surface area contributed by atoms with E-state index < -0.39 is 8.07 Å². The lowest BCUT2D eigenvalue weighted by Gasteiger charge is -2.35. The third-order valence-corrected chi connectivity index (χ3v) is 12.8. The lowest BCUT2D eigenvalue weighted by atomic mass is 10.1. The average Bonchev–Trinajstić information content (AvgIpc) is 2.95. The molecule has 0 saturated heterocycles. The number of aryl methyl sites for hydroxylation is 2. The minimum Gasteiger partial charge on any atom is -0.0624 e. The van der Waals surface area contributed by atoms with Crippen molar-refractivity contribution >= 4 is 34.4 Å². The zero-order valence-electron chi connectivity index (χ0n) is 21.4. The molecule has 0 saturated carbocycles. The minimum absolute atomic E-state index is 1.18. The molecule has 0 bridgehead atoms. The molecule has 0 radical (unpaired) electrons. The maximum Gasteiger partial charge on any atom is 0.149 e. The van der Waals surface area contributed by atoms with Crippen molar-refractivity contribution in [2.24, 2.45) is 0 Å². The zero-order chi connectivity index (χ0) is 24.6. The molecule has 0 aliphatic heterocycles. The predicted molar refractivity (Wildman–Crippen MR) is 160 cm³/mol. The molecule has 0 aliphatic carbocycles. The molecule has 0 unspecified atom stereocenters. The van der Waals surface area contributed by atoms with Crippen LogP contribution < -0.4 is 15.6 Å². The molecule has 0 aromatic heterocycles. The van der Waals surface area contributed by atoms with Crippen molar-refractivity contribution < 1.29 is 0 Å². The molecule has 180 valence electrons. The number of fused-ring (bicyclic) bond motifs is 1. The van der Waals surface area contributed by atoms with Gasteiger partial charge in [-0.1, -0.05) is 147 Å². The third kappa shape index (κ3) is 5.08. The maximum absolute atomic E-state index is 2.46. The summed E-state index contributed by atoms with van der Waals surface area (Å²) in [5.41, 5.74) is 2.82. The Morgan fingerprint density at radius 3 is 1.64 bits per heavy atom. The number of benzene rings is 5. The largest absolute Gasteiger partial charge is 0.149 e. The van der Waals surface area contributed by atoms with Crippen LogP contribution in [-0.4, -0.2) is 8.07 Å². The zero-order valence-corrected chi connectivity index (χ0v) is 22.4. The molecule has 0 amide bonds. The third-order valence-electron chi connectivity index (χ3n) is 7.75. The van der Waals surface area contributed by atoms with E-state index in [0.29, 0.717) is 0 Å². The van der Waals surface area contributed by atoms with Gasteiger partial charge in [-0.25, -0.2) is 0 Å². The summed E-state index contributed by atoms with van der Waals surface area (Å²) in [5.74, 6) is 0. The molecule has 0 atom stereocenters. The Bertz CT molecular complexity index is 1330. The molecular formula is C35H36Si. The Morgan fingerprint density at radius 1 is 0.472 bits per heavy atom. The van der Waals surface area contributed by atoms with E-state index in [1.807, 2.05) is 0 Å². The van der Waals surface area contributed by atoms with E-state index in [-0.39, 0.29) is 0 Å². The number of hydrogen-bond donors (Lipinski definition) is 0. The van der Waals surface area contributed by atoms with Gasteiger partial charge in [0.2, 0.25) is 0 Å². The smallest absolute Gasteiger partial charge is 0.0624 e. The highest BCUT2D eigenvalue weighted by atomic mass is 28.3. The monoisotopic (exact) mass is 484 g/mol. The van der Waals surface area contributed by atoms with Crippen LogP contribution >= 0.6 is 0 Å². The fourth-order valence-electron chi connectivity index (χ4n) is 5.89. The van der Waals surface area contributed by atoms with Gasteiger partial charge in [-0.2, -0.15) is 0 Å². The second-order valence-corrected chi connectivity index (χ2v) is 14.0. The van der Waals surface area contributed by atoms with Gasteiger partial charge in [0.25, 0.3) is 0 Å². The molecule has 0 nitrogen and oxygen atoms in total. The second-order valence-electron chi connectivity index (χ2n) is 10.0. The van der Waals surface area contributed by atoms with Crippen molar-refractivity contribution in [3.63, 3.8) is 0 Å². The minimum atomic E-state index is -2.24. The van der Waals surface area contributed by atoms with Crippen molar-refractivity contribution in [3.05, 3.63) is 139 Å². The first kappa shape index (κ1) is 24.3. The maximum atomic E-state index is 2.46. The lowest BCUT2D eigenvalue weighted by Crippen LogP contribution is -2.67. The first-order chi connectivity index (χ1) is 17.8. The van der Waals surface area contributed by atoms with Crippen molar-refractivity contribution in [2.75, 3.05) is 0 Å². The second kappa shape index (κ2) is 11.5. The van der Waals surface area contributed by atoms with Crippen LogP contribution in [0.15, 0.2) is 127 Å². The Kier molecular flexibility index (Phi) is 7.78. The standard InChI is InChI=1S/C35H36Si/c1-29-26-27-35(34-25-15-14-24-33(29)34)36(31-20-10-5-11-21-31,32-22-12-6-13-23-32)28-16-3-2-7-17-30-18-8-4-9-19-30/h4-6,8-15,18-27H,2-3,7,16-17,28H2,1H3. The van der Waals surface area contributed by atoms with Crippen LogP contribution in [0.5, 0.6) is 0 Å². The normalized spacial score (nSPS) is 11.6. The van der Waals surface area contributed by atoms with E-state index in [9.17, 15) is 0 Å². The van der Waals surface area contributed by atoms with Gasteiger partial charge in [-0.05, 0) is 63.3 Å². The molecule has 0 spiro atoms. The Labute approximate surface area is 217 Å². The van der Waals surface area contributed by atoms with Gasteiger partial charge in [-0.15, -0.1) is 0 Å². The van der Waals surface area contributed by atoms with Crippen LogP contribution in [0.1, 0.15) is 36.8 Å². The molecule has 5 aromatic rings. The van der Waals surface area contributed by atoms with Gasteiger partial charge < -0.3 is 0 Å². The summed E-state index contributed by atoms with van der Waals surface area (Å²) in [6.07, 6.45) is 6.28. The quantitative estimate of drug-likeness (QED) is 0.110. The van der Waals surface area contributed by atoms with Gasteiger partial charge in [0, 0.05) is 0 Å². The van der Waals surface area contributed by atoms with Crippen molar-refractivity contribution in [3.8, 4) is 0 Å². The topological polar surface area (TPSA) is 0 Å². The summed E-state index contributed by atoms with van der Waals surface area (Å²) in [4.78, 5) is 0. The van der Waals surface area contributed by atoms with E-state index >= 15 is 0 Å². The van der Waals surface area contributed by atoms with Gasteiger partial charge in [-0.3, -0.25) is 0 Å². The summed E-state index contributed by atoms with van der Waals surface area (Å²) in [6, 6.07) is 48.8. The van der Waals surface area contributed by atoms with Crippen LogP contribution in [0.2, 0.25) is 6.04 Å². The van der Waals surface area contributed by atoms with Gasteiger partial charge in [0.05, 0.1) is 0 Å². The van der Waals surface area contributed by atoms with Gasteiger partial charge in [0.15, 0.2) is 0 Å². The summed E-state index contributed by atoms with van der Waals surface area (Å²) in [7, 11) is -2.24. The van der Waals surface area contributed by atoms with Crippen LogP contribution in [0.25, 0.3) is 10.8 Å².